The number of amides is 1. The van der Waals surface area contributed by atoms with E-state index in [1.165, 1.54) is 6.20 Å². The molecule has 0 fully saturated rings. The molecule has 0 saturated carbocycles. The summed E-state index contributed by atoms with van der Waals surface area (Å²) in [5.41, 5.74) is -0.0000352. The lowest BCUT2D eigenvalue weighted by Gasteiger charge is -2.04. The van der Waals surface area contributed by atoms with Crippen LogP contribution < -0.4 is 10.6 Å². The number of carbonyl (C=O) groups excluding carboxylic acids is 2. The molecule has 0 atom stereocenters. The van der Waals surface area contributed by atoms with Gasteiger partial charge in [0.15, 0.2) is 0 Å². The van der Waals surface area contributed by atoms with Crippen LogP contribution in [-0.4, -0.2) is 31.6 Å². The number of esters is 1. The number of unbranched alkanes of at least 4 members (excludes halogenated alkanes) is 1. The predicted octanol–water partition coefficient (Wildman–Crippen LogP) is 0.853. The van der Waals surface area contributed by atoms with Gasteiger partial charge in [-0.3, -0.25) is 9.59 Å². The Kier molecular flexibility index (Phi) is 9.90. The Morgan fingerprint density at radius 3 is 2.63 bits per heavy atom. The maximum Gasteiger partial charge on any atom is 0.307 e. The van der Waals surface area contributed by atoms with Gasteiger partial charge < -0.3 is 15.4 Å². The van der Waals surface area contributed by atoms with E-state index in [9.17, 15) is 9.59 Å². The Hall–Kier alpha value is -2.03. The van der Waals surface area contributed by atoms with Gasteiger partial charge in [0, 0.05) is 19.3 Å². The lowest BCUT2D eigenvalue weighted by Crippen LogP contribution is -2.26. The number of rotatable bonds is 9. The summed E-state index contributed by atoms with van der Waals surface area (Å²) in [5.74, 6) is -0.714. The SMILES string of the molecule is CCCCNC(=O)/C(C#N)=C\NCCC(=O)OCC. The van der Waals surface area contributed by atoms with Gasteiger partial charge in [-0.2, -0.15) is 5.26 Å². The average Bonchev–Trinajstić information content (AvgIpc) is 2.39. The largest absolute Gasteiger partial charge is 0.466 e. The molecule has 0 aromatic rings. The standard InChI is InChI=1S/C13H21N3O3/c1-3-5-7-16-13(18)11(9-14)10-15-8-6-12(17)19-4-2/h10,15H,3-8H2,1-2H3,(H,16,18)/b11-10-. The molecule has 0 aliphatic rings. The van der Waals surface area contributed by atoms with Crippen LogP contribution in [0.25, 0.3) is 0 Å². The topological polar surface area (TPSA) is 91.2 Å². The van der Waals surface area contributed by atoms with E-state index in [0.29, 0.717) is 19.7 Å². The molecule has 1 amide bonds. The van der Waals surface area contributed by atoms with Crippen LogP contribution in [0.1, 0.15) is 33.1 Å². The number of hydrogen-bond acceptors (Lipinski definition) is 5. The van der Waals surface area contributed by atoms with Crippen molar-refractivity contribution in [2.75, 3.05) is 19.7 Å². The van der Waals surface area contributed by atoms with Gasteiger partial charge in [-0.25, -0.2) is 0 Å². The summed E-state index contributed by atoms with van der Waals surface area (Å²) in [6.07, 6.45) is 3.37. The molecule has 19 heavy (non-hydrogen) atoms. The van der Waals surface area contributed by atoms with E-state index in [2.05, 4.69) is 10.6 Å². The summed E-state index contributed by atoms with van der Waals surface area (Å²) in [6.45, 7) is 4.98. The zero-order valence-corrected chi connectivity index (χ0v) is 11.5. The number of hydrogen-bond donors (Lipinski definition) is 2. The van der Waals surface area contributed by atoms with Crippen molar-refractivity contribution in [3.05, 3.63) is 11.8 Å². The number of nitriles is 1. The van der Waals surface area contributed by atoms with Crippen molar-refractivity contribution >= 4 is 11.9 Å². The molecule has 0 radical (unpaired) electrons. The van der Waals surface area contributed by atoms with E-state index in [1.54, 1.807) is 6.92 Å². The molecule has 0 aliphatic carbocycles. The van der Waals surface area contributed by atoms with Crippen LogP contribution in [0.5, 0.6) is 0 Å². The van der Waals surface area contributed by atoms with Crippen molar-refractivity contribution in [3.8, 4) is 6.07 Å². The second-order valence-electron chi connectivity index (χ2n) is 3.79. The second kappa shape index (κ2) is 11.1. The van der Waals surface area contributed by atoms with Crippen molar-refractivity contribution in [3.63, 3.8) is 0 Å². The monoisotopic (exact) mass is 267 g/mol. The summed E-state index contributed by atoms with van der Waals surface area (Å²) in [6, 6.07) is 1.81. The van der Waals surface area contributed by atoms with Crippen LogP contribution in [0.2, 0.25) is 0 Å². The Morgan fingerprint density at radius 1 is 1.32 bits per heavy atom. The first kappa shape index (κ1) is 17.0. The molecular weight excluding hydrogens is 246 g/mol. The molecule has 0 aromatic carbocycles. The zero-order chi connectivity index (χ0) is 14.5. The molecule has 6 nitrogen and oxygen atoms in total. The average molecular weight is 267 g/mol. The Balaban J connectivity index is 4.01. The number of nitrogens with one attached hydrogen (secondary N) is 2. The lowest BCUT2D eigenvalue weighted by atomic mass is 10.2. The van der Waals surface area contributed by atoms with Crippen LogP contribution in [0, 0.1) is 11.3 Å². The molecule has 0 saturated heterocycles. The molecule has 0 rings (SSSR count). The second-order valence-corrected chi connectivity index (χ2v) is 3.79. The van der Waals surface area contributed by atoms with Gasteiger partial charge >= 0.3 is 5.97 Å². The van der Waals surface area contributed by atoms with E-state index in [4.69, 9.17) is 10.00 Å². The maximum atomic E-state index is 11.5. The van der Waals surface area contributed by atoms with Gasteiger partial charge in [0.25, 0.3) is 5.91 Å². The molecule has 106 valence electrons. The highest BCUT2D eigenvalue weighted by atomic mass is 16.5. The van der Waals surface area contributed by atoms with Crippen LogP contribution >= 0.6 is 0 Å². The van der Waals surface area contributed by atoms with Crippen LogP contribution in [0.4, 0.5) is 0 Å². The molecule has 0 unspecified atom stereocenters. The van der Waals surface area contributed by atoms with Gasteiger partial charge in [-0.15, -0.1) is 0 Å². The van der Waals surface area contributed by atoms with Crippen LogP contribution in [-0.2, 0) is 14.3 Å². The quantitative estimate of drug-likeness (QED) is 0.280. The third-order valence-corrected chi connectivity index (χ3v) is 2.21. The molecule has 2 N–H and O–H groups in total. The fourth-order valence-corrected chi connectivity index (χ4v) is 1.20. The molecule has 0 heterocycles. The van der Waals surface area contributed by atoms with E-state index >= 15 is 0 Å². The van der Waals surface area contributed by atoms with Crippen molar-refractivity contribution in [1.82, 2.24) is 10.6 Å². The summed E-state index contributed by atoms with van der Waals surface area (Å²) < 4.78 is 4.74. The summed E-state index contributed by atoms with van der Waals surface area (Å²) in [5, 5.41) is 14.2. The number of nitrogens with zero attached hydrogens (tertiary/aromatic N) is 1. The van der Waals surface area contributed by atoms with Crippen molar-refractivity contribution in [2.45, 2.75) is 33.1 Å². The highest BCUT2D eigenvalue weighted by Gasteiger charge is 2.07. The smallest absolute Gasteiger partial charge is 0.307 e. The van der Waals surface area contributed by atoms with E-state index in [1.807, 2.05) is 13.0 Å². The fraction of sp³-hybridized carbons (Fsp3) is 0.615. The van der Waals surface area contributed by atoms with E-state index in [0.717, 1.165) is 12.8 Å². The van der Waals surface area contributed by atoms with Gasteiger partial charge in [-0.05, 0) is 13.3 Å². The Labute approximate surface area is 113 Å². The molecule has 0 bridgehead atoms. The zero-order valence-electron chi connectivity index (χ0n) is 11.5. The highest BCUT2D eigenvalue weighted by Crippen LogP contribution is 1.92. The van der Waals surface area contributed by atoms with E-state index in [-0.39, 0.29) is 18.0 Å². The first-order valence-electron chi connectivity index (χ1n) is 6.43. The van der Waals surface area contributed by atoms with Gasteiger partial charge in [0.1, 0.15) is 11.6 Å². The van der Waals surface area contributed by atoms with Gasteiger partial charge in [0.05, 0.1) is 13.0 Å². The van der Waals surface area contributed by atoms with Crippen molar-refractivity contribution < 1.29 is 14.3 Å². The minimum atomic E-state index is -0.403. The molecule has 0 aromatic heterocycles. The minimum Gasteiger partial charge on any atom is -0.466 e. The molecule has 6 heteroatoms. The highest BCUT2D eigenvalue weighted by molar-refractivity contribution is 5.97. The predicted molar refractivity (Wildman–Crippen MR) is 70.9 cm³/mol. The normalized spacial score (nSPS) is 10.5. The first-order chi connectivity index (χ1) is 9.15. The number of ether oxygens (including phenoxy) is 1. The number of carbonyl (C=O) groups is 2. The third-order valence-electron chi connectivity index (χ3n) is 2.21. The lowest BCUT2D eigenvalue weighted by molar-refractivity contribution is -0.142. The van der Waals surface area contributed by atoms with E-state index < -0.39 is 5.91 Å². The molecule has 0 aliphatic heterocycles. The van der Waals surface area contributed by atoms with Gasteiger partial charge in [-0.1, -0.05) is 13.3 Å². The van der Waals surface area contributed by atoms with Gasteiger partial charge in [0.2, 0.25) is 0 Å². The third kappa shape index (κ3) is 8.66. The van der Waals surface area contributed by atoms with Crippen molar-refractivity contribution in [1.29, 1.82) is 5.26 Å². The van der Waals surface area contributed by atoms with Crippen LogP contribution in [0.15, 0.2) is 11.8 Å². The first-order valence-corrected chi connectivity index (χ1v) is 6.43. The molecule has 0 spiro atoms. The van der Waals surface area contributed by atoms with Crippen LogP contribution in [0.3, 0.4) is 0 Å². The summed E-state index contributed by atoms with van der Waals surface area (Å²) in [7, 11) is 0. The molecular formula is C13H21N3O3. The minimum absolute atomic E-state index is 0.0000352. The maximum absolute atomic E-state index is 11.5. The summed E-state index contributed by atoms with van der Waals surface area (Å²) in [4.78, 5) is 22.6. The summed E-state index contributed by atoms with van der Waals surface area (Å²) >= 11 is 0. The fourth-order valence-electron chi connectivity index (χ4n) is 1.20. The Bertz CT molecular complexity index is 359. The Morgan fingerprint density at radius 2 is 2.05 bits per heavy atom. The van der Waals surface area contributed by atoms with Crippen molar-refractivity contribution in [2.24, 2.45) is 0 Å².